The average molecular weight is 288 g/mol. The summed E-state index contributed by atoms with van der Waals surface area (Å²) >= 11 is 0. The third-order valence-corrected chi connectivity index (χ3v) is 3.13. The molecule has 1 aromatic carbocycles. The molecule has 1 aliphatic heterocycles. The van der Waals surface area contributed by atoms with Gasteiger partial charge in [0, 0.05) is 6.54 Å². The molecule has 0 aromatic heterocycles. The standard InChI is InChI=1S/C13H15F3N2O2/c1-9-17-8-12(19)18(9)7-6-10-2-4-11(5-3-10)20-13(14,15)16/h2-5,9,17H,6-8H2,1H3. The fraction of sp³-hybridized carbons (Fsp3) is 0.462. The van der Waals surface area contributed by atoms with E-state index in [0.717, 1.165) is 5.56 Å². The van der Waals surface area contributed by atoms with Crippen molar-refractivity contribution in [2.75, 3.05) is 13.1 Å². The number of hydrogen-bond donors (Lipinski definition) is 1. The Kier molecular flexibility index (Phi) is 4.17. The van der Waals surface area contributed by atoms with Gasteiger partial charge in [-0.05, 0) is 31.0 Å². The van der Waals surface area contributed by atoms with E-state index in [2.05, 4.69) is 10.1 Å². The number of alkyl halides is 3. The van der Waals surface area contributed by atoms with E-state index in [-0.39, 0.29) is 17.8 Å². The topological polar surface area (TPSA) is 41.6 Å². The van der Waals surface area contributed by atoms with Gasteiger partial charge in [-0.1, -0.05) is 12.1 Å². The van der Waals surface area contributed by atoms with Gasteiger partial charge in [-0.3, -0.25) is 10.1 Å². The SMILES string of the molecule is CC1NCC(=O)N1CCc1ccc(OC(F)(F)F)cc1. The minimum Gasteiger partial charge on any atom is -0.406 e. The number of carbonyl (C=O) groups excluding carboxylic acids is 1. The Hall–Kier alpha value is -1.76. The molecule has 1 unspecified atom stereocenters. The molecule has 2 rings (SSSR count). The van der Waals surface area contributed by atoms with Crippen molar-refractivity contribution >= 4 is 5.91 Å². The van der Waals surface area contributed by atoms with Gasteiger partial charge in [-0.2, -0.15) is 0 Å². The predicted octanol–water partition coefficient (Wildman–Crippen LogP) is 1.91. The quantitative estimate of drug-likeness (QED) is 0.920. The zero-order valence-corrected chi connectivity index (χ0v) is 10.9. The van der Waals surface area contributed by atoms with Crippen molar-refractivity contribution in [1.82, 2.24) is 10.2 Å². The molecule has 0 saturated carbocycles. The van der Waals surface area contributed by atoms with E-state index in [0.29, 0.717) is 19.5 Å². The summed E-state index contributed by atoms with van der Waals surface area (Å²) in [5.41, 5.74) is 0.853. The summed E-state index contributed by atoms with van der Waals surface area (Å²) in [5.74, 6) is -0.206. The zero-order valence-electron chi connectivity index (χ0n) is 10.9. The van der Waals surface area contributed by atoms with Crippen molar-refractivity contribution in [2.24, 2.45) is 0 Å². The molecule has 1 saturated heterocycles. The highest BCUT2D eigenvalue weighted by atomic mass is 19.4. The first-order valence-electron chi connectivity index (χ1n) is 6.23. The molecule has 0 aliphatic carbocycles. The van der Waals surface area contributed by atoms with Crippen LogP contribution < -0.4 is 10.1 Å². The lowest BCUT2D eigenvalue weighted by molar-refractivity contribution is -0.274. The summed E-state index contributed by atoms with van der Waals surface area (Å²) in [7, 11) is 0. The molecule has 1 atom stereocenters. The van der Waals surface area contributed by atoms with Gasteiger partial charge in [0.25, 0.3) is 0 Å². The van der Waals surface area contributed by atoms with Gasteiger partial charge >= 0.3 is 6.36 Å². The van der Waals surface area contributed by atoms with Crippen LogP contribution in [0.15, 0.2) is 24.3 Å². The maximum Gasteiger partial charge on any atom is 0.573 e. The van der Waals surface area contributed by atoms with Crippen LogP contribution in [0.2, 0.25) is 0 Å². The number of nitrogens with zero attached hydrogens (tertiary/aromatic N) is 1. The van der Waals surface area contributed by atoms with Crippen molar-refractivity contribution in [3.8, 4) is 5.75 Å². The summed E-state index contributed by atoms with van der Waals surface area (Å²) in [6.45, 7) is 2.76. The molecule has 7 heteroatoms. The molecule has 1 aromatic rings. The Balaban J connectivity index is 1.89. The van der Waals surface area contributed by atoms with Gasteiger partial charge in [0.1, 0.15) is 5.75 Å². The largest absolute Gasteiger partial charge is 0.573 e. The predicted molar refractivity (Wildman–Crippen MR) is 66.0 cm³/mol. The highest BCUT2D eigenvalue weighted by molar-refractivity contribution is 5.80. The number of halogens is 3. The second-order valence-electron chi connectivity index (χ2n) is 4.59. The third-order valence-electron chi connectivity index (χ3n) is 3.13. The number of carbonyl (C=O) groups is 1. The second kappa shape index (κ2) is 5.70. The van der Waals surface area contributed by atoms with E-state index in [9.17, 15) is 18.0 Å². The van der Waals surface area contributed by atoms with Crippen LogP contribution in [0.1, 0.15) is 12.5 Å². The van der Waals surface area contributed by atoms with Gasteiger partial charge < -0.3 is 9.64 Å². The first-order valence-corrected chi connectivity index (χ1v) is 6.23. The van der Waals surface area contributed by atoms with Crippen LogP contribution in [-0.2, 0) is 11.2 Å². The highest BCUT2D eigenvalue weighted by Gasteiger charge is 2.31. The molecule has 0 bridgehead atoms. The Morgan fingerprint density at radius 2 is 2.00 bits per heavy atom. The lowest BCUT2D eigenvalue weighted by atomic mass is 10.1. The van der Waals surface area contributed by atoms with Crippen molar-refractivity contribution in [3.63, 3.8) is 0 Å². The first kappa shape index (κ1) is 14.6. The minimum absolute atomic E-state index is 0.00432. The molecule has 1 N–H and O–H groups in total. The third kappa shape index (κ3) is 3.86. The molecule has 1 aliphatic rings. The molecule has 1 amide bonds. The van der Waals surface area contributed by atoms with Gasteiger partial charge in [-0.25, -0.2) is 0 Å². The number of hydrogen-bond acceptors (Lipinski definition) is 3. The highest BCUT2D eigenvalue weighted by Crippen LogP contribution is 2.23. The van der Waals surface area contributed by atoms with Crippen LogP contribution in [0.4, 0.5) is 13.2 Å². The molecule has 20 heavy (non-hydrogen) atoms. The van der Waals surface area contributed by atoms with Gasteiger partial charge in [0.05, 0.1) is 12.7 Å². The molecule has 1 heterocycles. The normalized spacial score (nSPS) is 19.5. The lowest BCUT2D eigenvalue weighted by Crippen LogP contribution is -2.36. The summed E-state index contributed by atoms with van der Waals surface area (Å²) in [6, 6.07) is 5.69. The van der Waals surface area contributed by atoms with Gasteiger partial charge in [0.15, 0.2) is 0 Å². The Morgan fingerprint density at radius 1 is 1.35 bits per heavy atom. The van der Waals surface area contributed by atoms with Crippen molar-refractivity contribution in [2.45, 2.75) is 25.9 Å². The summed E-state index contributed by atoms with van der Waals surface area (Å²) in [5, 5.41) is 3.02. The van der Waals surface area contributed by atoms with Crippen LogP contribution in [0, 0.1) is 0 Å². The minimum atomic E-state index is -4.68. The summed E-state index contributed by atoms with van der Waals surface area (Å²) in [6.07, 6.45) is -4.09. The zero-order chi connectivity index (χ0) is 14.8. The van der Waals surface area contributed by atoms with E-state index in [4.69, 9.17) is 0 Å². The first-order chi connectivity index (χ1) is 9.35. The maximum absolute atomic E-state index is 12.0. The maximum atomic E-state index is 12.0. The van der Waals surface area contributed by atoms with E-state index < -0.39 is 6.36 Å². The monoisotopic (exact) mass is 288 g/mol. The van der Waals surface area contributed by atoms with Crippen LogP contribution in [-0.4, -0.2) is 36.4 Å². The van der Waals surface area contributed by atoms with Crippen LogP contribution in [0.5, 0.6) is 5.75 Å². The number of nitrogens with one attached hydrogen (secondary N) is 1. The van der Waals surface area contributed by atoms with Crippen molar-refractivity contribution < 1.29 is 22.7 Å². The second-order valence-corrected chi connectivity index (χ2v) is 4.59. The Morgan fingerprint density at radius 3 is 2.50 bits per heavy atom. The molecular weight excluding hydrogens is 273 g/mol. The van der Waals surface area contributed by atoms with Crippen molar-refractivity contribution in [3.05, 3.63) is 29.8 Å². The average Bonchev–Trinajstić information content (AvgIpc) is 2.67. The molecule has 0 spiro atoms. The van der Waals surface area contributed by atoms with Gasteiger partial charge in [-0.15, -0.1) is 13.2 Å². The van der Waals surface area contributed by atoms with E-state index in [1.807, 2.05) is 6.92 Å². The van der Waals surface area contributed by atoms with Gasteiger partial charge in [0.2, 0.25) is 5.91 Å². The Labute approximate surface area is 114 Å². The van der Waals surface area contributed by atoms with Crippen LogP contribution in [0.25, 0.3) is 0 Å². The molecule has 1 fully saturated rings. The molecule has 110 valence electrons. The van der Waals surface area contributed by atoms with E-state index in [1.165, 1.54) is 12.1 Å². The number of ether oxygens (including phenoxy) is 1. The smallest absolute Gasteiger partial charge is 0.406 e. The van der Waals surface area contributed by atoms with E-state index >= 15 is 0 Å². The van der Waals surface area contributed by atoms with E-state index in [1.54, 1.807) is 17.0 Å². The molecule has 4 nitrogen and oxygen atoms in total. The number of benzene rings is 1. The molecular formula is C13H15F3N2O2. The van der Waals surface area contributed by atoms with Crippen LogP contribution >= 0.6 is 0 Å². The summed E-state index contributed by atoms with van der Waals surface area (Å²) in [4.78, 5) is 13.2. The Bertz CT molecular complexity index is 473. The lowest BCUT2D eigenvalue weighted by Gasteiger charge is -2.20. The van der Waals surface area contributed by atoms with Crippen LogP contribution in [0.3, 0.4) is 0 Å². The number of amides is 1. The fourth-order valence-corrected chi connectivity index (χ4v) is 2.09. The fourth-order valence-electron chi connectivity index (χ4n) is 2.09. The summed E-state index contributed by atoms with van der Waals surface area (Å²) < 4.78 is 39.8. The molecule has 0 radical (unpaired) electrons. The number of rotatable bonds is 4. The van der Waals surface area contributed by atoms with Crippen molar-refractivity contribution in [1.29, 1.82) is 0 Å².